The van der Waals surface area contributed by atoms with Crippen LogP contribution < -0.4 is 10.5 Å². The maximum Gasteiger partial charge on any atom is 0.126 e. The highest BCUT2D eigenvalue weighted by molar-refractivity contribution is 5.87. The maximum atomic E-state index is 5.84. The Morgan fingerprint density at radius 1 is 1.11 bits per heavy atom. The number of nitrogens with two attached hydrogens (primary N) is 1. The number of aryl methyl sites for hydroxylation is 1. The zero-order valence-electron chi connectivity index (χ0n) is 11.0. The van der Waals surface area contributed by atoms with E-state index in [4.69, 9.17) is 10.5 Å². The summed E-state index contributed by atoms with van der Waals surface area (Å²) in [6, 6.07) is 14.3. The number of allylic oxidation sites excluding steroid dienone is 1. The smallest absolute Gasteiger partial charge is 0.126 e. The quantitative estimate of drug-likeness (QED) is 0.825. The van der Waals surface area contributed by atoms with Crippen LogP contribution in [0.5, 0.6) is 5.75 Å². The van der Waals surface area contributed by atoms with E-state index >= 15 is 0 Å². The minimum atomic E-state index is 0.845. The minimum absolute atomic E-state index is 0.845. The van der Waals surface area contributed by atoms with E-state index in [2.05, 4.69) is 24.3 Å². The van der Waals surface area contributed by atoms with Gasteiger partial charge < -0.3 is 10.5 Å². The maximum absolute atomic E-state index is 5.84. The van der Waals surface area contributed by atoms with Gasteiger partial charge in [0.05, 0.1) is 7.11 Å². The van der Waals surface area contributed by atoms with Crippen LogP contribution >= 0.6 is 0 Å². The Labute approximate surface area is 113 Å². The van der Waals surface area contributed by atoms with Crippen molar-refractivity contribution in [1.82, 2.24) is 0 Å². The summed E-state index contributed by atoms with van der Waals surface area (Å²) in [5.41, 5.74) is 11.8. The molecule has 2 aromatic carbocycles. The van der Waals surface area contributed by atoms with E-state index < -0.39 is 0 Å². The van der Waals surface area contributed by atoms with Gasteiger partial charge in [-0.05, 0) is 53.8 Å². The van der Waals surface area contributed by atoms with Crippen LogP contribution in [0.25, 0.3) is 11.6 Å². The highest BCUT2D eigenvalue weighted by Gasteiger charge is 2.16. The van der Waals surface area contributed by atoms with Crippen molar-refractivity contribution >= 4 is 17.3 Å². The van der Waals surface area contributed by atoms with Gasteiger partial charge in [0.1, 0.15) is 5.75 Å². The Balaban J connectivity index is 2.03. The van der Waals surface area contributed by atoms with E-state index in [9.17, 15) is 0 Å². The first kappa shape index (κ1) is 11.8. The lowest BCUT2D eigenvalue weighted by Crippen LogP contribution is -1.88. The van der Waals surface area contributed by atoms with E-state index in [1.165, 1.54) is 16.7 Å². The second-order valence-electron chi connectivity index (χ2n) is 4.83. The van der Waals surface area contributed by atoms with Gasteiger partial charge in [-0.2, -0.15) is 0 Å². The van der Waals surface area contributed by atoms with Crippen LogP contribution in [-0.4, -0.2) is 7.11 Å². The average Bonchev–Trinajstić information content (AvgIpc) is 2.82. The molecule has 0 bridgehead atoms. The number of methoxy groups -OCH3 is 1. The first-order valence-corrected chi connectivity index (χ1v) is 6.50. The second kappa shape index (κ2) is 4.81. The third-order valence-electron chi connectivity index (χ3n) is 3.61. The molecule has 3 rings (SSSR count). The van der Waals surface area contributed by atoms with Crippen molar-refractivity contribution in [3.8, 4) is 5.75 Å². The lowest BCUT2D eigenvalue weighted by atomic mass is 10.0. The lowest BCUT2D eigenvalue weighted by molar-refractivity contribution is 0.414. The molecule has 0 amide bonds. The Morgan fingerprint density at radius 2 is 1.95 bits per heavy atom. The first-order valence-electron chi connectivity index (χ1n) is 6.50. The van der Waals surface area contributed by atoms with Crippen LogP contribution in [-0.2, 0) is 6.42 Å². The summed E-state index contributed by atoms with van der Waals surface area (Å²) in [6.45, 7) is 0. The number of ether oxygens (including phenoxy) is 1. The molecule has 1 aliphatic carbocycles. The summed E-state index contributed by atoms with van der Waals surface area (Å²) in [6.07, 6.45) is 4.36. The summed E-state index contributed by atoms with van der Waals surface area (Å²) in [5.74, 6) is 0.916. The van der Waals surface area contributed by atoms with Gasteiger partial charge in [-0.3, -0.25) is 0 Å². The van der Waals surface area contributed by atoms with Crippen LogP contribution in [0, 0.1) is 0 Å². The Morgan fingerprint density at radius 3 is 2.79 bits per heavy atom. The number of anilines is 1. The van der Waals surface area contributed by atoms with E-state index in [0.29, 0.717) is 0 Å². The van der Waals surface area contributed by atoms with Crippen molar-refractivity contribution in [1.29, 1.82) is 0 Å². The number of fused-ring (bicyclic) bond motifs is 1. The molecular weight excluding hydrogens is 234 g/mol. The van der Waals surface area contributed by atoms with Crippen molar-refractivity contribution in [2.45, 2.75) is 12.8 Å². The van der Waals surface area contributed by atoms with E-state index in [-0.39, 0.29) is 0 Å². The molecule has 19 heavy (non-hydrogen) atoms. The zero-order chi connectivity index (χ0) is 13.2. The molecule has 2 N–H and O–H groups in total. The molecule has 0 atom stereocenters. The van der Waals surface area contributed by atoms with Gasteiger partial charge in [-0.25, -0.2) is 0 Å². The summed E-state index contributed by atoms with van der Waals surface area (Å²) in [4.78, 5) is 0. The Kier molecular flexibility index (Phi) is 3.00. The third kappa shape index (κ3) is 2.22. The minimum Gasteiger partial charge on any atom is -0.496 e. The van der Waals surface area contributed by atoms with Crippen molar-refractivity contribution in [2.75, 3.05) is 12.8 Å². The van der Waals surface area contributed by atoms with E-state index in [1.807, 2.05) is 24.3 Å². The fourth-order valence-corrected chi connectivity index (χ4v) is 2.66. The molecule has 0 heterocycles. The molecule has 0 radical (unpaired) electrons. The molecule has 96 valence electrons. The van der Waals surface area contributed by atoms with Crippen molar-refractivity contribution in [2.24, 2.45) is 0 Å². The molecule has 0 spiro atoms. The predicted molar refractivity (Wildman–Crippen MR) is 80.0 cm³/mol. The molecule has 2 aromatic rings. The zero-order valence-corrected chi connectivity index (χ0v) is 11.0. The van der Waals surface area contributed by atoms with Gasteiger partial charge in [0.2, 0.25) is 0 Å². The van der Waals surface area contributed by atoms with Gasteiger partial charge in [0.15, 0.2) is 0 Å². The summed E-state index contributed by atoms with van der Waals surface area (Å²) >= 11 is 0. The van der Waals surface area contributed by atoms with Gasteiger partial charge in [-0.1, -0.05) is 24.3 Å². The third-order valence-corrected chi connectivity index (χ3v) is 3.61. The number of nitrogen functional groups attached to an aromatic ring is 1. The van der Waals surface area contributed by atoms with Crippen LogP contribution in [0.4, 0.5) is 5.69 Å². The first-order chi connectivity index (χ1) is 9.28. The van der Waals surface area contributed by atoms with Crippen LogP contribution in [0.15, 0.2) is 42.5 Å². The monoisotopic (exact) mass is 251 g/mol. The molecule has 1 aliphatic rings. The van der Waals surface area contributed by atoms with Crippen LogP contribution in [0.1, 0.15) is 23.1 Å². The van der Waals surface area contributed by atoms with E-state index in [0.717, 1.165) is 29.8 Å². The molecule has 0 saturated heterocycles. The summed E-state index contributed by atoms with van der Waals surface area (Å²) in [7, 11) is 1.71. The molecule has 0 saturated carbocycles. The molecule has 2 nitrogen and oxygen atoms in total. The number of rotatable bonds is 2. The fourth-order valence-electron chi connectivity index (χ4n) is 2.66. The summed E-state index contributed by atoms with van der Waals surface area (Å²) in [5, 5.41) is 0. The Hall–Kier alpha value is -2.22. The molecule has 0 aliphatic heterocycles. The van der Waals surface area contributed by atoms with Crippen molar-refractivity contribution < 1.29 is 4.74 Å². The highest BCUT2D eigenvalue weighted by atomic mass is 16.5. The van der Waals surface area contributed by atoms with Crippen LogP contribution in [0.3, 0.4) is 0 Å². The number of benzene rings is 2. The van der Waals surface area contributed by atoms with Crippen molar-refractivity contribution in [3.63, 3.8) is 0 Å². The molecule has 2 heteroatoms. The lowest BCUT2D eigenvalue weighted by Gasteiger charge is -2.06. The van der Waals surface area contributed by atoms with Gasteiger partial charge >= 0.3 is 0 Å². The van der Waals surface area contributed by atoms with E-state index in [1.54, 1.807) is 7.11 Å². The molecular formula is C17H17NO. The number of para-hydroxylation sites is 1. The van der Waals surface area contributed by atoms with Crippen LogP contribution in [0.2, 0.25) is 0 Å². The second-order valence-corrected chi connectivity index (χ2v) is 4.83. The molecule has 0 aromatic heterocycles. The summed E-state index contributed by atoms with van der Waals surface area (Å²) < 4.78 is 5.40. The normalized spacial score (nSPS) is 15.5. The van der Waals surface area contributed by atoms with Crippen molar-refractivity contribution in [3.05, 3.63) is 59.2 Å². The number of hydrogen-bond donors (Lipinski definition) is 1. The highest BCUT2D eigenvalue weighted by Crippen LogP contribution is 2.35. The van der Waals surface area contributed by atoms with Gasteiger partial charge in [0.25, 0.3) is 0 Å². The largest absolute Gasteiger partial charge is 0.496 e. The standard InChI is InChI=1S/C17H17NO/c1-19-17-5-3-2-4-14(17)10-12-6-7-13-11-15(18)8-9-16(12)13/h2-5,8-11H,6-7,18H2,1H3. The predicted octanol–water partition coefficient (Wildman–Crippen LogP) is 3.76. The number of hydrogen-bond acceptors (Lipinski definition) is 2. The fraction of sp³-hybridized carbons (Fsp3) is 0.176. The molecule has 0 fully saturated rings. The SMILES string of the molecule is COc1ccccc1C=C1CCc2cc(N)ccc21. The average molecular weight is 251 g/mol. The Bertz CT molecular complexity index is 643. The van der Waals surface area contributed by atoms with Gasteiger partial charge in [0, 0.05) is 11.3 Å². The topological polar surface area (TPSA) is 35.2 Å². The molecule has 0 unspecified atom stereocenters. The van der Waals surface area contributed by atoms with Gasteiger partial charge in [-0.15, -0.1) is 0 Å².